The molecule has 0 aliphatic heterocycles. The normalized spacial score (nSPS) is 9.53. The minimum Gasteiger partial charge on any atom is -0.358 e. The van der Waals surface area contributed by atoms with Crippen LogP contribution in [0, 0.1) is 0 Å². The van der Waals surface area contributed by atoms with Crippen molar-refractivity contribution in [3.63, 3.8) is 0 Å². The van der Waals surface area contributed by atoms with Gasteiger partial charge in [-0.3, -0.25) is 4.79 Å². The Bertz CT molecular complexity index is 406. The van der Waals surface area contributed by atoms with Gasteiger partial charge in [0.2, 0.25) is 5.91 Å². The number of benzene rings is 1. The monoisotopic (exact) mass is 251 g/mol. The molecule has 0 bridgehead atoms. The van der Waals surface area contributed by atoms with E-state index in [1.54, 1.807) is 7.05 Å². The summed E-state index contributed by atoms with van der Waals surface area (Å²) in [5.41, 5.74) is 2.17. The van der Waals surface area contributed by atoms with Crippen molar-refractivity contribution in [1.82, 2.24) is 10.6 Å². The van der Waals surface area contributed by atoms with Crippen LogP contribution in [0.2, 0.25) is 0 Å². The molecule has 5 heteroatoms. The lowest BCUT2D eigenvalue weighted by atomic mass is 10.1. The standard InChI is InChI=1S/C12H17N3OS/c1-3-9-5-4-6-10(7-9)15-12(17)14-8-11(16)13-2/h4-7H,3,8H2,1-2H3,(H,13,16)(H2,14,15,17). The smallest absolute Gasteiger partial charge is 0.239 e. The molecule has 0 spiro atoms. The summed E-state index contributed by atoms with van der Waals surface area (Å²) in [6, 6.07) is 8.01. The first kappa shape index (κ1) is 13.4. The van der Waals surface area contributed by atoms with Gasteiger partial charge < -0.3 is 16.0 Å². The van der Waals surface area contributed by atoms with E-state index in [4.69, 9.17) is 12.2 Å². The van der Waals surface area contributed by atoms with E-state index in [-0.39, 0.29) is 12.5 Å². The van der Waals surface area contributed by atoms with Crippen LogP contribution >= 0.6 is 12.2 Å². The lowest BCUT2D eigenvalue weighted by Crippen LogP contribution is -2.37. The summed E-state index contributed by atoms with van der Waals surface area (Å²) in [7, 11) is 1.59. The van der Waals surface area contributed by atoms with Gasteiger partial charge in [0.25, 0.3) is 0 Å². The Morgan fingerprint density at radius 3 is 2.82 bits per heavy atom. The molecule has 1 aromatic carbocycles. The second kappa shape index (κ2) is 6.85. The SMILES string of the molecule is CCc1cccc(NC(=S)NCC(=O)NC)c1. The van der Waals surface area contributed by atoms with Crippen molar-refractivity contribution in [1.29, 1.82) is 0 Å². The fourth-order valence-electron chi connectivity index (χ4n) is 1.29. The largest absolute Gasteiger partial charge is 0.358 e. The van der Waals surface area contributed by atoms with Crippen molar-refractivity contribution in [2.24, 2.45) is 0 Å². The first-order valence-electron chi connectivity index (χ1n) is 5.50. The van der Waals surface area contributed by atoms with E-state index in [2.05, 4.69) is 28.9 Å². The minimum atomic E-state index is -0.101. The molecule has 3 N–H and O–H groups in total. The minimum absolute atomic E-state index is 0.101. The number of aryl methyl sites for hydroxylation is 1. The predicted molar refractivity (Wildman–Crippen MR) is 74.1 cm³/mol. The van der Waals surface area contributed by atoms with Crippen molar-refractivity contribution < 1.29 is 4.79 Å². The van der Waals surface area contributed by atoms with Gasteiger partial charge in [0, 0.05) is 12.7 Å². The first-order chi connectivity index (χ1) is 8.15. The van der Waals surface area contributed by atoms with Gasteiger partial charge in [-0.2, -0.15) is 0 Å². The Morgan fingerprint density at radius 1 is 1.41 bits per heavy atom. The summed E-state index contributed by atoms with van der Waals surface area (Å²) >= 11 is 5.08. The molecule has 0 aromatic heterocycles. The maximum atomic E-state index is 11.0. The van der Waals surface area contributed by atoms with Crippen molar-refractivity contribution in [3.8, 4) is 0 Å². The van der Waals surface area contributed by atoms with Crippen molar-refractivity contribution in [3.05, 3.63) is 29.8 Å². The molecule has 1 amide bonds. The number of carbonyl (C=O) groups is 1. The molecular weight excluding hydrogens is 234 g/mol. The number of hydrogen-bond donors (Lipinski definition) is 3. The van der Waals surface area contributed by atoms with Crippen LogP contribution in [-0.2, 0) is 11.2 Å². The Morgan fingerprint density at radius 2 is 2.18 bits per heavy atom. The Kier molecular flexibility index (Phi) is 5.42. The highest BCUT2D eigenvalue weighted by Crippen LogP contribution is 2.10. The summed E-state index contributed by atoms with van der Waals surface area (Å²) in [4.78, 5) is 11.0. The molecule has 0 saturated heterocycles. The average Bonchev–Trinajstić information content (AvgIpc) is 2.36. The molecule has 0 aliphatic carbocycles. The second-order valence-corrected chi connectivity index (χ2v) is 3.94. The first-order valence-corrected chi connectivity index (χ1v) is 5.91. The van der Waals surface area contributed by atoms with E-state index in [0.29, 0.717) is 5.11 Å². The summed E-state index contributed by atoms with van der Waals surface area (Å²) in [6.45, 7) is 2.27. The molecule has 0 aliphatic rings. The van der Waals surface area contributed by atoms with Gasteiger partial charge in [-0.05, 0) is 36.3 Å². The van der Waals surface area contributed by atoms with Gasteiger partial charge in [0.05, 0.1) is 6.54 Å². The van der Waals surface area contributed by atoms with Gasteiger partial charge >= 0.3 is 0 Å². The number of rotatable bonds is 4. The molecule has 92 valence electrons. The number of amides is 1. The van der Waals surface area contributed by atoms with Crippen LogP contribution in [0.25, 0.3) is 0 Å². The zero-order valence-corrected chi connectivity index (χ0v) is 10.9. The van der Waals surface area contributed by atoms with E-state index in [0.717, 1.165) is 12.1 Å². The molecule has 0 heterocycles. The molecule has 1 rings (SSSR count). The Labute approximate surface area is 107 Å². The molecule has 4 nitrogen and oxygen atoms in total. The van der Waals surface area contributed by atoms with Crippen LogP contribution in [0.5, 0.6) is 0 Å². The molecule has 0 unspecified atom stereocenters. The molecule has 0 radical (unpaired) electrons. The fraction of sp³-hybridized carbons (Fsp3) is 0.333. The fourth-order valence-corrected chi connectivity index (χ4v) is 1.48. The van der Waals surface area contributed by atoms with Crippen molar-refractivity contribution in [2.75, 3.05) is 18.9 Å². The number of likely N-dealkylation sites (N-methyl/N-ethyl adjacent to an activating group) is 1. The highest BCUT2D eigenvalue weighted by atomic mass is 32.1. The summed E-state index contributed by atoms with van der Waals surface area (Å²) in [5, 5.41) is 8.82. The van der Waals surface area contributed by atoms with E-state index < -0.39 is 0 Å². The van der Waals surface area contributed by atoms with E-state index >= 15 is 0 Å². The van der Waals surface area contributed by atoms with Gasteiger partial charge in [-0.25, -0.2) is 0 Å². The maximum absolute atomic E-state index is 11.0. The molecule has 0 atom stereocenters. The van der Waals surface area contributed by atoms with Crippen molar-refractivity contribution in [2.45, 2.75) is 13.3 Å². The van der Waals surface area contributed by atoms with Gasteiger partial charge in [-0.1, -0.05) is 19.1 Å². The van der Waals surface area contributed by atoms with E-state index in [1.807, 2.05) is 18.2 Å². The summed E-state index contributed by atoms with van der Waals surface area (Å²) < 4.78 is 0. The number of thiocarbonyl (C=S) groups is 1. The Hall–Kier alpha value is -1.62. The van der Waals surface area contributed by atoms with Crippen LogP contribution in [0.3, 0.4) is 0 Å². The topological polar surface area (TPSA) is 53.2 Å². The summed E-state index contributed by atoms with van der Waals surface area (Å²) in [5.74, 6) is -0.101. The van der Waals surface area contributed by atoms with Gasteiger partial charge in [0.15, 0.2) is 5.11 Å². The van der Waals surface area contributed by atoms with E-state index in [9.17, 15) is 4.79 Å². The quantitative estimate of drug-likeness (QED) is 0.706. The number of nitrogens with one attached hydrogen (secondary N) is 3. The number of anilines is 1. The lowest BCUT2D eigenvalue weighted by Gasteiger charge is -2.10. The third kappa shape index (κ3) is 4.82. The third-order valence-electron chi connectivity index (χ3n) is 2.28. The number of carbonyl (C=O) groups excluding carboxylic acids is 1. The van der Waals surface area contributed by atoms with E-state index in [1.165, 1.54) is 5.56 Å². The lowest BCUT2D eigenvalue weighted by molar-refractivity contribution is -0.119. The molecular formula is C12H17N3OS. The average molecular weight is 251 g/mol. The van der Waals surface area contributed by atoms with Gasteiger partial charge in [0.1, 0.15) is 0 Å². The Balaban J connectivity index is 2.47. The highest BCUT2D eigenvalue weighted by Gasteiger charge is 2.01. The van der Waals surface area contributed by atoms with Crippen LogP contribution in [0.4, 0.5) is 5.69 Å². The van der Waals surface area contributed by atoms with Crippen LogP contribution < -0.4 is 16.0 Å². The van der Waals surface area contributed by atoms with Crippen LogP contribution in [0.15, 0.2) is 24.3 Å². The van der Waals surface area contributed by atoms with Crippen LogP contribution in [-0.4, -0.2) is 24.6 Å². The zero-order valence-electron chi connectivity index (χ0n) is 10.0. The third-order valence-corrected chi connectivity index (χ3v) is 2.53. The molecule has 0 fully saturated rings. The summed E-state index contributed by atoms with van der Waals surface area (Å²) in [6.07, 6.45) is 0.980. The molecule has 17 heavy (non-hydrogen) atoms. The van der Waals surface area contributed by atoms with Crippen LogP contribution in [0.1, 0.15) is 12.5 Å². The predicted octanol–water partition coefficient (Wildman–Crippen LogP) is 1.28. The zero-order chi connectivity index (χ0) is 12.7. The van der Waals surface area contributed by atoms with Gasteiger partial charge in [-0.15, -0.1) is 0 Å². The highest BCUT2D eigenvalue weighted by molar-refractivity contribution is 7.80. The second-order valence-electron chi connectivity index (χ2n) is 3.53. The molecule has 1 aromatic rings. The maximum Gasteiger partial charge on any atom is 0.239 e. The van der Waals surface area contributed by atoms with Crippen molar-refractivity contribution >= 4 is 28.9 Å². The molecule has 0 saturated carbocycles. The number of hydrogen-bond acceptors (Lipinski definition) is 2.